The molecule has 1 fully saturated rings. The fourth-order valence-corrected chi connectivity index (χ4v) is 3.29. The molecule has 0 aromatic heterocycles. The molecule has 1 aromatic rings. The van der Waals surface area contributed by atoms with Gasteiger partial charge in [-0.1, -0.05) is 15.9 Å². The van der Waals surface area contributed by atoms with Crippen LogP contribution in [-0.4, -0.2) is 40.3 Å². The van der Waals surface area contributed by atoms with Crippen molar-refractivity contribution in [2.24, 2.45) is 0 Å². The molecule has 4 nitrogen and oxygen atoms in total. The van der Waals surface area contributed by atoms with Crippen molar-refractivity contribution in [3.05, 3.63) is 34.9 Å². The Bertz CT molecular complexity index is 709. The Kier molecular flexibility index (Phi) is 5.99. The summed E-state index contributed by atoms with van der Waals surface area (Å²) in [5.74, 6) is -7.59. The van der Waals surface area contributed by atoms with Crippen LogP contribution in [0.3, 0.4) is 0 Å². The monoisotopic (exact) mass is 439 g/mol. The number of nitrogens with zero attached hydrogens (tertiary/aromatic N) is 1. The number of carbonyl (C=O) groups excluding carboxylic acids is 2. The first-order chi connectivity index (χ1) is 12.0. The predicted octanol–water partition coefficient (Wildman–Crippen LogP) is 4.30. The number of ketones is 1. The second kappa shape index (κ2) is 7.54. The Morgan fingerprint density at radius 2 is 1.73 bits per heavy atom. The SMILES string of the molecule is CC(C)(C)OC(=O)N1C[C@@H](c2c(F)c(F)cc(F)c2F)CC1C(=O)CBr. The van der Waals surface area contributed by atoms with E-state index >= 15 is 0 Å². The van der Waals surface area contributed by atoms with Crippen LogP contribution < -0.4 is 0 Å². The lowest BCUT2D eigenvalue weighted by Crippen LogP contribution is -2.43. The van der Waals surface area contributed by atoms with Gasteiger partial charge in [0.15, 0.2) is 29.1 Å². The van der Waals surface area contributed by atoms with Crippen LogP contribution in [0.4, 0.5) is 22.4 Å². The van der Waals surface area contributed by atoms with E-state index in [2.05, 4.69) is 15.9 Å². The number of alkyl halides is 1. The lowest BCUT2D eigenvalue weighted by molar-refractivity contribution is -0.120. The molecule has 9 heteroatoms. The van der Waals surface area contributed by atoms with Crippen LogP contribution in [0.15, 0.2) is 6.07 Å². The van der Waals surface area contributed by atoms with E-state index in [9.17, 15) is 27.2 Å². The molecule has 1 unspecified atom stereocenters. The zero-order chi connectivity index (χ0) is 19.8. The van der Waals surface area contributed by atoms with Gasteiger partial charge in [-0.3, -0.25) is 9.69 Å². The van der Waals surface area contributed by atoms with E-state index in [1.54, 1.807) is 20.8 Å². The second-order valence-corrected chi connectivity index (χ2v) is 7.62. The van der Waals surface area contributed by atoms with Crippen molar-refractivity contribution in [1.29, 1.82) is 0 Å². The summed E-state index contributed by atoms with van der Waals surface area (Å²) in [6.07, 6.45) is -1.00. The van der Waals surface area contributed by atoms with Crippen molar-refractivity contribution in [3.8, 4) is 0 Å². The predicted molar refractivity (Wildman–Crippen MR) is 89.2 cm³/mol. The normalized spacial score (nSPS) is 20.4. The number of halogens is 5. The van der Waals surface area contributed by atoms with Gasteiger partial charge in [0, 0.05) is 24.1 Å². The smallest absolute Gasteiger partial charge is 0.410 e. The molecule has 26 heavy (non-hydrogen) atoms. The number of hydrogen-bond donors (Lipinski definition) is 0. The van der Waals surface area contributed by atoms with Gasteiger partial charge in [0.2, 0.25) is 0 Å². The van der Waals surface area contributed by atoms with Crippen molar-refractivity contribution in [2.45, 2.75) is 44.8 Å². The number of likely N-dealkylation sites (tertiary alicyclic amines) is 1. The van der Waals surface area contributed by atoms with E-state index in [0.29, 0.717) is 0 Å². The van der Waals surface area contributed by atoms with Crippen LogP contribution in [-0.2, 0) is 9.53 Å². The highest BCUT2D eigenvalue weighted by molar-refractivity contribution is 9.09. The first kappa shape index (κ1) is 20.7. The maximum atomic E-state index is 14.1. The van der Waals surface area contributed by atoms with Gasteiger partial charge in [-0.15, -0.1) is 0 Å². The maximum Gasteiger partial charge on any atom is 0.410 e. The Morgan fingerprint density at radius 1 is 1.19 bits per heavy atom. The quantitative estimate of drug-likeness (QED) is 0.400. The van der Waals surface area contributed by atoms with Gasteiger partial charge < -0.3 is 4.74 Å². The van der Waals surface area contributed by atoms with Crippen LogP contribution in [0.25, 0.3) is 0 Å². The van der Waals surface area contributed by atoms with Gasteiger partial charge in [0.25, 0.3) is 0 Å². The molecule has 1 heterocycles. The molecule has 0 bridgehead atoms. The summed E-state index contributed by atoms with van der Waals surface area (Å²) < 4.78 is 60.4. The van der Waals surface area contributed by atoms with E-state index in [4.69, 9.17) is 4.74 Å². The topological polar surface area (TPSA) is 46.6 Å². The minimum absolute atomic E-state index is 0.0911. The third kappa shape index (κ3) is 4.19. The lowest BCUT2D eigenvalue weighted by Gasteiger charge is -2.27. The third-order valence-electron chi connectivity index (χ3n) is 3.99. The molecule has 1 saturated heterocycles. The summed E-state index contributed by atoms with van der Waals surface area (Å²) >= 11 is 2.99. The van der Waals surface area contributed by atoms with Gasteiger partial charge >= 0.3 is 6.09 Å². The molecule has 1 aliphatic heterocycles. The van der Waals surface area contributed by atoms with Crippen molar-refractivity contribution in [1.82, 2.24) is 4.90 Å². The molecule has 0 radical (unpaired) electrons. The highest BCUT2D eigenvalue weighted by Crippen LogP contribution is 2.37. The molecular weight excluding hydrogens is 422 g/mol. The Morgan fingerprint density at radius 3 is 2.19 bits per heavy atom. The van der Waals surface area contributed by atoms with E-state index in [1.807, 2.05) is 0 Å². The molecule has 0 aliphatic carbocycles. The van der Waals surface area contributed by atoms with E-state index in [-0.39, 0.29) is 24.4 Å². The third-order valence-corrected chi connectivity index (χ3v) is 4.54. The number of hydrogen-bond acceptors (Lipinski definition) is 3. The molecule has 0 spiro atoms. The van der Waals surface area contributed by atoms with Gasteiger partial charge in [-0.2, -0.15) is 0 Å². The van der Waals surface area contributed by atoms with E-state index < -0.39 is 58.3 Å². The largest absolute Gasteiger partial charge is 0.444 e. The average Bonchev–Trinajstić information content (AvgIpc) is 2.96. The first-order valence-electron chi connectivity index (χ1n) is 7.87. The molecular formula is C17H18BrF4NO3. The highest BCUT2D eigenvalue weighted by Gasteiger charge is 2.43. The Hall–Kier alpha value is -1.64. The summed E-state index contributed by atoms with van der Waals surface area (Å²) in [6.45, 7) is 4.58. The Balaban J connectivity index is 2.40. The summed E-state index contributed by atoms with van der Waals surface area (Å²) in [5.41, 5.74) is -1.65. The zero-order valence-corrected chi connectivity index (χ0v) is 16.0. The van der Waals surface area contributed by atoms with Crippen LogP contribution in [0.2, 0.25) is 0 Å². The van der Waals surface area contributed by atoms with Gasteiger partial charge in [0.05, 0.1) is 11.4 Å². The molecule has 1 aliphatic rings. The number of rotatable bonds is 3. The molecule has 0 N–H and O–H groups in total. The van der Waals surface area contributed by atoms with Crippen molar-refractivity contribution in [2.75, 3.05) is 11.9 Å². The van der Waals surface area contributed by atoms with Gasteiger partial charge in [0.1, 0.15) is 5.60 Å². The maximum absolute atomic E-state index is 14.1. The first-order valence-corrected chi connectivity index (χ1v) is 8.99. The molecule has 2 rings (SSSR count). The number of ether oxygens (including phenoxy) is 1. The lowest BCUT2D eigenvalue weighted by atomic mass is 9.94. The summed E-state index contributed by atoms with van der Waals surface area (Å²) in [4.78, 5) is 25.6. The fourth-order valence-electron chi connectivity index (χ4n) is 2.91. The second-order valence-electron chi connectivity index (χ2n) is 7.06. The molecule has 1 amide bonds. The van der Waals surface area contributed by atoms with Crippen molar-refractivity contribution in [3.63, 3.8) is 0 Å². The van der Waals surface area contributed by atoms with Gasteiger partial charge in [-0.25, -0.2) is 22.4 Å². The minimum Gasteiger partial charge on any atom is -0.444 e. The summed E-state index contributed by atoms with van der Waals surface area (Å²) in [6, 6.07) is -0.894. The number of benzene rings is 1. The standard InChI is InChI=1S/C17H18BrF4NO3/c1-17(2,3)26-16(25)23-7-8(4-11(23)12(24)6-18)13-14(21)9(19)5-10(20)15(13)22/h5,8,11H,4,6-7H2,1-3H3/t8-,11?/m0/s1. The molecule has 144 valence electrons. The van der Waals surface area contributed by atoms with Crippen LogP contribution >= 0.6 is 15.9 Å². The van der Waals surface area contributed by atoms with Crippen molar-refractivity contribution >= 4 is 27.8 Å². The average molecular weight is 440 g/mol. The van der Waals surface area contributed by atoms with E-state index in [1.165, 1.54) is 0 Å². The van der Waals surface area contributed by atoms with Crippen LogP contribution in [0, 0.1) is 23.3 Å². The van der Waals surface area contributed by atoms with Crippen LogP contribution in [0.5, 0.6) is 0 Å². The molecule has 2 atom stereocenters. The summed E-state index contributed by atoms with van der Waals surface area (Å²) in [5, 5.41) is -0.0911. The highest BCUT2D eigenvalue weighted by atomic mass is 79.9. The molecule has 1 aromatic carbocycles. The van der Waals surface area contributed by atoms with Crippen molar-refractivity contribution < 1.29 is 31.9 Å². The number of carbonyl (C=O) groups is 2. The number of Topliss-reactive ketones (excluding diaryl/α,β-unsaturated/α-hetero) is 1. The minimum atomic E-state index is -1.53. The molecule has 0 saturated carbocycles. The van der Waals surface area contributed by atoms with Crippen LogP contribution in [0.1, 0.15) is 38.7 Å². The summed E-state index contributed by atoms with van der Waals surface area (Å²) in [7, 11) is 0. The zero-order valence-electron chi connectivity index (χ0n) is 14.4. The van der Waals surface area contributed by atoms with E-state index in [0.717, 1.165) is 4.90 Å². The number of amides is 1. The Labute approximate surface area is 156 Å². The van der Waals surface area contributed by atoms with Gasteiger partial charge in [-0.05, 0) is 27.2 Å². The fraction of sp³-hybridized carbons (Fsp3) is 0.529.